The Hall–Kier alpha value is -2.46. The summed E-state index contributed by atoms with van der Waals surface area (Å²) in [6.45, 7) is 14.7. The minimum Gasteiger partial charge on any atom is -0.364 e. The molecule has 0 amide bonds. The van der Waals surface area contributed by atoms with Crippen LogP contribution in [0.4, 0.5) is 0 Å². The van der Waals surface area contributed by atoms with E-state index in [1.165, 1.54) is 27.8 Å². The molecular formula is C27H36N2OS. The summed E-state index contributed by atoms with van der Waals surface area (Å²) in [5.74, 6) is 0. The van der Waals surface area contributed by atoms with Gasteiger partial charge >= 0.3 is 0 Å². The Morgan fingerprint density at radius 1 is 1.13 bits per heavy atom. The first-order valence-electron chi connectivity index (χ1n) is 11.1. The average Bonchev–Trinajstić information content (AvgIpc) is 3.12. The lowest BCUT2D eigenvalue weighted by Crippen LogP contribution is -2.14. The van der Waals surface area contributed by atoms with Gasteiger partial charge in [-0.05, 0) is 69.6 Å². The van der Waals surface area contributed by atoms with Gasteiger partial charge in [-0.1, -0.05) is 61.9 Å². The van der Waals surface area contributed by atoms with E-state index in [-0.39, 0.29) is 5.56 Å². The lowest BCUT2D eigenvalue weighted by Gasteiger charge is -2.12. The zero-order valence-electron chi connectivity index (χ0n) is 20.0. The van der Waals surface area contributed by atoms with Crippen LogP contribution in [0.2, 0.25) is 0 Å². The van der Waals surface area contributed by atoms with Gasteiger partial charge in [-0.15, -0.1) is 0 Å². The summed E-state index contributed by atoms with van der Waals surface area (Å²) < 4.78 is 0. The first-order chi connectivity index (χ1) is 14.8. The maximum atomic E-state index is 12.6. The molecule has 0 aliphatic rings. The molecule has 2 rings (SSSR count). The van der Waals surface area contributed by atoms with Gasteiger partial charge in [-0.3, -0.25) is 4.79 Å². The van der Waals surface area contributed by atoms with Crippen molar-refractivity contribution in [3.8, 4) is 0 Å². The highest BCUT2D eigenvalue weighted by atomic mass is 32.2. The van der Waals surface area contributed by atoms with Crippen molar-refractivity contribution in [1.82, 2.24) is 9.97 Å². The molecule has 0 spiro atoms. The van der Waals surface area contributed by atoms with E-state index in [0.29, 0.717) is 0 Å². The summed E-state index contributed by atoms with van der Waals surface area (Å²) in [4.78, 5) is 19.9. The number of H-pyrrole nitrogens is 2. The first-order valence-corrected chi connectivity index (χ1v) is 11.9. The molecule has 3 nitrogen and oxygen atoms in total. The molecule has 0 aliphatic carbocycles. The molecule has 4 heteroatoms. The van der Waals surface area contributed by atoms with Crippen LogP contribution in [0, 0.1) is 13.8 Å². The van der Waals surface area contributed by atoms with Gasteiger partial charge in [-0.2, -0.15) is 0 Å². The van der Waals surface area contributed by atoms with Crippen LogP contribution in [-0.4, -0.2) is 9.97 Å². The van der Waals surface area contributed by atoms with E-state index in [2.05, 4.69) is 81.3 Å². The second kappa shape index (κ2) is 11.8. The van der Waals surface area contributed by atoms with Crippen LogP contribution < -0.4 is 5.56 Å². The second-order valence-electron chi connectivity index (χ2n) is 7.93. The summed E-state index contributed by atoms with van der Waals surface area (Å²) >= 11 is 1.61. The fourth-order valence-electron chi connectivity index (χ4n) is 3.48. The van der Waals surface area contributed by atoms with Crippen LogP contribution in [0.25, 0.3) is 16.6 Å². The molecule has 2 N–H and O–H groups in total. The van der Waals surface area contributed by atoms with E-state index >= 15 is 0 Å². The van der Waals surface area contributed by atoms with Crippen molar-refractivity contribution < 1.29 is 0 Å². The molecule has 31 heavy (non-hydrogen) atoms. The van der Waals surface area contributed by atoms with Gasteiger partial charge in [0, 0.05) is 34.1 Å². The molecular weight excluding hydrogens is 400 g/mol. The summed E-state index contributed by atoms with van der Waals surface area (Å²) in [5, 5.41) is 2.15. The summed E-state index contributed by atoms with van der Waals surface area (Å²) in [5.41, 5.74) is 9.12. The van der Waals surface area contributed by atoms with Gasteiger partial charge < -0.3 is 9.97 Å². The molecule has 0 bridgehead atoms. The minimum absolute atomic E-state index is 0.0248. The third-order valence-corrected chi connectivity index (χ3v) is 6.77. The minimum atomic E-state index is -0.0248. The predicted octanol–water partition coefficient (Wildman–Crippen LogP) is 7.80. The third kappa shape index (κ3) is 6.27. The number of thioether (sulfide) groups is 1. The Morgan fingerprint density at radius 2 is 1.87 bits per heavy atom. The Bertz CT molecular complexity index is 1080. The maximum absolute atomic E-state index is 12.6. The molecule has 0 saturated carbocycles. The Morgan fingerprint density at radius 3 is 2.52 bits per heavy atom. The van der Waals surface area contributed by atoms with Crippen LogP contribution >= 0.6 is 11.8 Å². The summed E-state index contributed by atoms with van der Waals surface area (Å²) in [7, 11) is 0. The molecule has 0 aromatic carbocycles. The number of pyridine rings is 1. The van der Waals surface area contributed by atoms with Gasteiger partial charge in [0.1, 0.15) is 0 Å². The molecule has 2 aromatic rings. The first kappa shape index (κ1) is 24.8. The van der Waals surface area contributed by atoms with E-state index in [9.17, 15) is 4.79 Å². The van der Waals surface area contributed by atoms with Crippen molar-refractivity contribution >= 4 is 28.3 Å². The van der Waals surface area contributed by atoms with Crippen molar-refractivity contribution in [2.75, 3.05) is 0 Å². The van der Waals surface area contributed by atoms with Gasteiger partial charge in [-0.25, -0.2) is 0 Å². The van der Waals surface area contributed by atoms with E-state index < -0.39 is 0 Å². The standard InChI is InChI=1S/C27H36N2OS/c1-8-12-22-15-29-27(30)26(20(22)6)25(10-3)31-17-19(5)24-16-28-21(7)23(24)14-11-13-18(4)9-2/h10-11,13-17,28H,8-9,12H2,1-7H3,(H,29,30)/b14-11-,18-13-,19-17+,25-10-. The van der Waals surface area contributed by atoms with Crippen LogP contribution in [-0.2, 0) is 6.42 Å². The number of rotatable bonds is 9. The number of nitrogens with one attached hydrogen (secondary N) is 2. The molecule has 2 heterocycles. The van der Waals surface area contributed by atoms with Gasteiger partial charge in [0.2, 0.25) is 0 Å². The van der Waals surface area contributed by atoms with Gasteiger partial charge in [0.15, 0.2) is 0 Å². The zero-order chi connectivity index (χ0) is 23.0. The van der Waals surface area contributed by atoms with Gasteiger partial charge in [0.25, 0.3) is 5.56 Å². The largest absolute Gasteiger partial charge is 0.364 e. The number of aromatic amines is 2. The molecule has 0 fully saturated rings. The monoisotopic (exact) mass is 436 g/mol. The van der Waals surface area contributed by atoms with Crippen molar-refractivity contribution in [2.24, 2.45) is 0 Å². The van der Waals surface area contributed by atoms with Crippen LogP contribution in [0.15, 0.2) is 46.4 Å². The normalized spacial score (nSPS) is 13.5. The predicted molar refractivity (Wildman–Crippen MR) is 139 cm³/mol. The van der Waals surface area contributed by atoms with Crippen molar-refractivity contribution in [1.29, 1.82) is 0 Å². The zero-order valence-corrected chi connectivity index (χ0v) is 20.8. The maximum Gasteiger partial charge on any atom is 0.256 e. The Kier molecular flexibility index (Phi) is 9.44. The van der Waals surface area contributed by atoms with Crippen molar-refractivity contribution in [3.63, 3.8) is 0 Å². The Labute approximate surface area is 191 Å². The van der Waals surface area contributed by atoms with Crippen LogP contribution in [0.1, 0.15) is 81.0 Å². The number of aromatic nitrogens is 2. The summed E-state index contributed by atoms with van der Waals surface area (Å²) in [6.07, 6.45) is 15.5. The summed E-state index contributed by atoms with van der Waals surface area (Å²) in [6, 6.07) is 0. The number of aryl methyl sites for hydroxylation is 2. The topological polar surface area (TPSA) is 48.6 Å². The lowest BCUT2D eigenvalue weighted by molar-refractivity contribution is 0.898. The molecule has 0 aliphatic heterocycles. The van der Waals surface area contributed by atoms with E-state index in [1.807, 2.05) is 19.2 Å². The quantitative estimate of drug-likeness (QED) is 0.394. The highest BCUT2D eigenvalue weighted by Crippen LogP contribution is 2.33. The second-order valence-corrected chi connectivity index (χ2v) is 8.84. The molecule has 0 atom stereocenters. The van der Waals surface area contributed by atoms with Gasteiger partial charge in [0.05, 0.1) is 5.56 Å². The SMILES string of the molecule is C/C=C(\S/C=C(\C)c1c[nH]c(C)c1/C=C\C=C(\C)CC)c1c(C)c(CCC)c[nH]c1=O. The molecule has 166 valence electrons. The highest BCUT2D eigenvalue weighted by Gasteiger charge is 2.13. The van der Waals surface area contributed by atoms with E-state index in [4.69, 9.17) is 0 Å². The molecule has 0 saturated heterocycles. The Balaban J connectivity index is 2.34. The smallest absolute Gasteiger partial charge is 0.256 e. The number of allylic oxidation sites excluding steroid dienone is 5. The fraction of sp³-hybridized carbons (Fsp3) is 0.370. The fourth-order valence-corrected chi connectivity index (χ4v) is 4.41. The van der Waals surface area contributed by atoms with Crippen molar-refractivity contribution in [2.45, 2.75) is 67.7 Å². The highest BCUT2D eigenvalue weighted by molar-refractivity contribution is 8.11. The van der Waals surface area contributed by atoms with Crippen LogP contribution in [0.3, 0.4) is 0 Å². The lowest BCUT2D eigenvalue weighted by atomic mass is 10.0. The van der Waals surface area contributed by atoms with Crippen molar-refractivity contribution in [3.05, 3.63) is 85.5 Å². The van der Waals surface area contributed by atoms with E-state index in [1.54, 1.807) is 11.8 Å². The van der Waals surface area contributed by atoms with E-state index in [0.717, 1.165) is 41.0 Å². The average molecular weight is 437 g/mol. The van der Waals surface area contributed by atoms with Crippen LogP contribution in [0.5, 0.6) is 0 Å². The molecule has 0 radical (unpaired) electrons. The molecule has 0 unspecified atom stereocenters. The number of hydrogen-bond acceptors (Lipinski definition) is 2. The number of hydrogen-bond donors (Lipinski definition) is 2. The molecule has 2 aromatic heterocycles. The third-order valence-electron chi connectivity index (χ3n) is 5.61.